The third-order valence-electron chi connectivity index (χ3n) is 5.67. The quantitative estimate of drug-likeness (QED) is 0.702. The molecule has 0 bridgehead atoms. The minimum Gasteiger partial charge on any atom is -0.479 e. The second-order valence-corrected chi connectivity index (χ2v) is 10.4. The monoisotopic (exact) mass is 477 g/mol. The van der Waals surface area contributed by atoms with Crippen molar-refractivity contribution in [2.75, 3.05) is 23.7 Å². The van der Waals surface area contributed by atoms with Gasteiger partial charge in [0.25, 0.3) is 5.91 Å². The third kappa shape index (κ3) is 4.46. The summed E-state index contributed by atoms with van der Waals surface area (Å²) in [6.07, 6.45) is 0.449. The molecule has 2 aliphatic heterocycles. The highest BCUT2D eigenvalue weighted by Gasteiger charge is 2.35. The molecule has 2 aliphatic rings. The Kier molecular flexibility index (Phi) is 6.15. The molecule has 2 aromatic rings. The second kappa shape index (κ2) is 8.73. The molecule has 2 heterocycles. The van der Waals surface area contributed by atoms with Crippen molar-refractivity contribution in [3.63, 3.8) is 0 Å². The van der Waals surface area contributed by atoms with E-state index in [-0.39, 0.29) is 23.3 Å². The van der Waals surface area contributed by atoms with Crippen molar-refractivity contribution in [1.29, 1.82) is 0 Å². The molecule has 32 heavy (non-hydrogen) atoms. The number of nitrogens with one attached hydrogen (secondary N) is 2. The standard InChI is InChI=1S/C22H24ClN3O5S/c1-13-9-18-19(31-14(2)21(27)25-18)11-20(13)32(29,30)26-8-4-5-15(12-26)22(28)24-17-7-3-6-16(23)10-17/h3,6-7,9-11,14-15H,4-5,8,12H2,1-2H3,(H,24,28)(H,25,27)/t14-,15-/m0/s1. The molecule has 2 aromatic carbocycles. The number of hydrogen-bond acceptors (Lipinski definition) is 5. The van der Waals surface area contributed by atoms with Gasteiger partial charge in [-0.2, -0.15) is 4.31 Å². The molecule has 8 nitrogen and oxygen atoms in total. The minimum atomic E-state index is -3.86. The van der Waals surface area contributed by atoms with Crippen LogP contribution in [-0.4, -0.2) is 43.7 Å². The lowest BCUT2D eigenvalue weighted by Crippen LogP contribution is -2.44. The highest BCUT2D eigenvalue weighted by molar-refractivity contribution is 7.89. The predicted octanol–water partition coefficient (Wildman–Crippen LogP) is 3.41. The number of carbonyl (C=O) groups excluding carboxylic acids is 2. The van der Waals surface area contributed by atoms with Crippen LogP contribution in [0, 0.1) is 12.8 Å². The van der Waals surface area contributed by atoms with Crippen molar-refractivity contribution < 1.29 is 22.7 Å². The van der Waals surface area contributed by atoms with Gasteiger partial charge in [0.1, 0.15) is 5.75 Å². The Bertz CT molecular complexity index is 1180. The molecule has 0 aliphatic carbocycles. The molecule has 10 heteroatoms. The number of piperidine rings is 1. The fourth-order valence-electron chi connectivity index (χ4n) is 3.95. The summed E-state index contributed by atoms with van der Waals surface area (Å²) in [5.41, 5.74) is 1.51. The Morgan fingerprint density at radius 2 is 2.06 bits per heavy atom. The lowest BCUT2D eigenvalue weighted by Gasteiger charge is -2.32. The number of nitrogens with zero attached hydrogens (tertiary/aromatic N) is 1. The molecule has 170 valence electrons. The molecular formula is C22H24ClN3O5S. The van der Waals surface area contributed by atoms with Crippen LogP contribution in [-0.2, 0) is 19.6 Å². The number of sulfonamides is 1. The van der Waals surface area contributed by atoms with Gasteiger partial charge in [-0.3, -0.25) is 9.59 Å². The van der Waals surface area contributed by atoms with E-state index in [1.54, 1.807) is 44.2 Å². The second-order valence-electron chi connectivity index (χ2n) is 8.06. The van der Waals surface area contributed by atoms with Crippen molar-refractivity contribution in [1.82, 2.24) is 4.31 Å². The molecule has 0 unspecified atom stereocenters. The van der Waals surface area contributed by atoms with Crippen molar-refractivity contribution in [2.45, 2.75) is 37.7 Å². The van der Waals surface area contributed by atoms with Crippen molar-refractivity contribution in [2.24, 2.45) is 5.92 Å². The van der Waals surface area contributed by atoms with Crippen LogP contribution in [0.15, 0.2) is 41.3 Å². The van der Waals surface area contributed by atoms with E-state index >= 15 is 0 Å². The number of carbonyl (C=O) groups is 2. The highest BCUT2D eigenvalue weighted by Crippen LogP contribution is 2.36. The van der Waals surface area contributed by atoms with Gasteiger partial charge in [0.05, 0.1) is 16.5 Å². The normalized spacial score (nSPS) is 21.3. The summed E-state index contributed by atoms with van der Waals surface area (Å²) < 4.78 is 33.8. The molecule has 2 N–H and O–H groups in total. The van der Waals surface area contributed by atoms with Gasteiger partial charge in [-0.15, -0.1) is 0 Å². The Morgan fingerprint density at radius 1 is 1.28 bits per heavy atom. The zero-order valence-corrected chi connectivity index (χ0v) is 19.3. The highest BCUT2D eigenvalue weighted by atomic mass is 35.5. The van der Waals surface area contributed by atoms with E-state index in [4.69, 9.17) is 16.3 Å². The van der Waals surface area contributed by atoms with Gasteiger partial charge < -0.3 is 15.4 Å². The van der Waals surface area contributed by atoms with Crippen LogP contribution in [0.2, 0.25) is 5.02 Å². The molecular weight excluding hydrogens is 454 g/mol. The van der Waals surface area contributed by atoms with Gasteiger partial charge in [0.2, 0.25) is 15.9 Å². The zero-order valence-electron chi connectivity index (χ0n) is 17.7. The molecule has 2 amide bonds. The smallest absolute Gasteiger partial charge is 0.265 e. The number of fused-ring (bicyclic) bond motifs is 1. The van der Waals surface area contributed by atoms with E-state index in [1.165, 1.54) is 10.4 Å². The van der Waals surface area contributed by atoms with Crippen LogP contribution in [0.3, 0.4) is 0 Å². The van der Waals surface area contributed by atoms with Gasteiger partial charge in [0, 0.05) is 29.9 Å². The van der Waals surface area contributed by atoms with Gasteiger partial charge >= 0.3 is 0 Å². The van der Waals surface area contributed by atoms with Gasteiger partial charge in [-0.25, -0.2) is 8.42 Å². The number of aryl methyl sites for hydroxylation is 1. The maximum absolute atomic E-state index is 13.4. The average Bonchev–Trinajstić information content (AvgIpc) is 2.74. The lowest BCUT2D eigenvalue weighted by atomic mass is 9.99. The van der Waals surface area contributed by atoms with E-state index in [0.29, 0.717) is 47.1 Å². The Balaban J connectivity index is 1.54. The van der Waals surface area contributed by atoms with Crippen LogP contribution < -0.4 is 15.4 Å². The first kappa shape index (κ1) is 22.6. The molecule has 0 saturated carbocycles. The first-order valence-electron chi connectivity index (χ1n) is 10.3. The third-order valence-corrected chi connectivity index (χ3v) is 7.92. The predicted molar refractivity (Wildman–Crippen MR) is 121 cm³/mol. The van der Waals surface area contributed by atoms with Crippen LogP contribution in [0.5, 0.6) is 5.75 Å². The summed E-state index contributed by atoms with van der Waals surface area (Å²) in [7, 11) is -3.86. The number of anilines is 2. The number of ether oxygens (including phenoxy) is 1. The SMILES string of the molecule is Cc1cc2c(cc1S(=O)(=O)N1CCC[C@H](C(=O)Nc3cccc(Cl)c3)C1)O[C@@H](C)C(=O)N2. The van der Waals surface area contributed by atoms with Gasteiger partial charge in [-0.05, 0) is 56.5 Å². The summed E-state index contributed by atoms with van der Waals surface area (Å²) in [4.78, 5) is 24.7. The van der Waals surface area contributed by atoms with E-state index in [9.17, 15) is 18.0 Å². The summed E-state index contributed by atoms with van der Waals surface area (Å²) in [6.45, 7) is 3.68. The van der Waals surface area contributed by atoms with Gasteiger partial charge in [0.15, 0.2) is 6.10 Å². The van der Waals surface area contributed by atoms with Gasteiger partial charge in [-0.1, -0.05) is 17.7 Å². The largest absolute Gasteiger partial charge is 0.479 e. The van der Waals surface area contributed by atoms with E-state index < -0.39 is 22.0 Å². The molecule has 4 rings (SSSR count). The first-order chi connectivity index (χ1) is 15.1. The first-order valence-corrected chi connectivity index (χ1v) is 12.2. The molecule has 1 saturated heterocycles. The number of amides is 2. The molecule has 1 fully saturated rings. The molecule has 0 aromatic heterocycles. The Morgan fingerprint density at radius 3 is 2.81 bits per heavy atom. The molecule has 0 radical (unpaired) electrons. The maximum atomic E-state index is 13.4. The van der Waals surface area contributed by atoms with E-state index in [2.05, 4.69) is 10.6 Å². The van der Waals surface area contributed by atoms with Crippen molar-refractivity contribution in [3.05, 3.63) is 47.0 Å². The summed E-state index contributed by atoms with van der Waals surface area (Å²) in [6, 6.07) is 9.87. The topological polar surface area (TPSA) is 105 Å². The molecule has 0 spiro atoms. The Labute approximate surface area is 191 Å². The fourth-order valence-corrected chi connectivity index (χ4v) is 5.88. The number of halogens is 1. The summed E-state index contributed by atoms with van der Waals surface area (Å²) in [5, 5.41) is 6.05. The average molecular weight is 478 g/mol. The van der Waals surface area contributed by atoms with E-state index in [0.717, 1.165) is 0 Å². The fraction of sp³-hybridized carbons (Fsp3) is 0.364. The van der Waals surface area contributed by atoms with Crippen LogP contribution in [0.25, 0.3) is 0 Å². The minimum absolute atomic E-state index is 0.0826. The van der Waals surface area contributed by atoms with Crippen molar-refractivity contribution in [3.8, 4) is 5.75 Å². The Hall–Kier alpha value is -2.62. The number of hydrogen-bond donors (Lipinski definition) is 2. The lowest BCUT2D eigenvalue weighted by molar-refractivity contribution is -0.123. The number of rotatable bonds is 4. The maximum Gasteiger partial charge on any atom is 0.265 e. The summed E-state index contributed by atoms with van der Waals surface area (Å²) >= 11 is 5.97. The summed E-state index contributed by atoms with van der Waals surface area (Å²) in [5.74, 6) is -0.689. The van der Waals surface area contributed by atoms with E-state index in [1.807, 2.05) is 0 Å². The number of benzene rings is 2. The van der Waals surface area contributed by atoms with Crippen molar-refractivity contribution >= 4 is 44.8 Å². The zero-order chi connectivity index (χ0) is 23.0. The van der Waals surface area contributed by atoms with Crippen LogP contribution >= 0.6 is 11.6 Å². The van der Waals surface area contributed by atoms with Crippen LogP contribution in [0.4, 0.5) is 11.4 Å². The molecule has 2 atom stereocenters. The van der Waals surface area contributed by atoms with Crippen LogP contribution in [0.1, 0.15) is 25.3 Å².